The van der Waals surface area contributed by atoms with Crippen molar-refractivity contribution in [2.24, 2.45) is 0 Å². The lowest BCUT2D eigenvalue weighted by atomic mass is 10.1. The Morgan fingerprint density at radius 2 is 1.73 bits per heavy atom. The largest absolute Gasteiger partial charge is 0.491 e. The van der Waals surface area contributed by atoms with Gasteiger partial charge in [0.15, 0.2) is 0 Å². The Morgan fingerprint density at radius 1 is 0.950 bits per heavy atom. The summed E-state index contributed by atoms with van der Waals surface area (Å²) in [4.78, 5) is 68.6. The smallest absolute Gasteiger partial charge is 0.255 e. The van der Waals surface area contributed by atoms with Crippen molar-refractivity contribution in [1.82, 2.24) is 25.3 Å². The maximum atomic E-state index is 13.3. The number of likely N-dealkylation sites (tertiary alicyclic amines) is 1. The molecule has 1 fully saturated rings. The summed E-state index contributed by atoms with van der Waals surface area (Å²) in [5, 5.41) is 5.50. The van der Waals surface area contributed by atoms with E-state index in [1.165, 1.54) is 16.8 Å². The number of carbonyl (C=O) groups is 5. The van der Waals surface area contributed by atoms with E-state index < -0.39 is 23.8 Å². The monoisotopic (exact) mass is 549 g/mol. The summed E-state index contributed by atoms with van der Waals surface area (Å²) >= 11 is 0. The third kappa shape index (κ3) is 7.37. The van der Waals surface area contributed by atoms with Crippen LogP contribution in [0.25, 0.3) is 0 Å². The Labute approximate surface area is 233 Å². The van der Waals surface area contributed by atoms with Gasteiger partial charge in [0.2, 0.25) is 23.6 Å². The van der Waals surface area contributed by atoms with Gasteiger partial charge in [0, 0.05) is 40.2 Å². The van der Waals surface area contributed by atoms with Crippen LogP contribution in [0.2, 0.25) is 0 Å². The van der Waals surface area contributed by atoms with E-state index in [0.29, 0.717) is 18.7 Å². The summed E-state index contributed by atoms with van der Waals surface area (Å²) in [6.45, 7) is 1.67. The van der Waals surface area contributed by atoms with E-state index in [4.69, 9.17) is 4.74 Å². The molecule has 11 nitrogen and oxygen atoms in total. The highest BCUT2D eigenvalue weighted by atomic mass is 16.5. The molecule has 1 atom stereocenters. The van der Waals surface area contributed by atoms with Crippen molar-refractivity contribution in [3.63, 3.8) is 0 Å². The Morgan fingerprint density at radius 3 is 2.50 bits per heavy atom. The molecule has 0 radical (unpaired) electrons. The summed E-state index contributed by atoms with van der Waals surface area (Å²) in [7, 11) is 3.10. The lowest BCUT2D eigenvalue weighted by molar-refractivity contribution is -0.140. The van der Waals surface area contributed by atoms with E-state index in [1.807, 2.05) is 29.2 Å². The van der Waals surface area contributed by atoms with Gasteiger partial charge >= 0.3 is 0 Å². The van der Waals surface area contributed by atoms with Crippen LogP contribution >= 0.6 is 0 Å². The number of ether oxygens (including phenoxy) is 1. The fraction of sp³-hybridized carbons (Fsp3) is 0.414. The van der Waals surface area contributed by atoms with Crippen LogP contribution in [0.3, 0.4) is 0 Å². The van der Waals surface area contributed by atoms with E-state index in [9.17, 15) is 24.0 Å². The molecule has 11 heteroatoms. The molecule has 2 N–H and O–H groups in total. The van der Waals surface area contributed by atoms with Crippen LogP contribution in [-0.2, 0) is 32.3 Å². The van der Waals surface area contributed by atoms with Gasteiger partial charge < -0.3 is 30.1 Å². The zero-order chi connectivity index (χ0) is 28.6. The number of amides is 5. The fourth-order valence-corrected chi connectivity index (χ4v) is 4.63. The van der Waals surface area contributed by atoms with Crippen LogP contribution < -0.4 is 15.4 Å². The normalized spacial score (nSPS) is 19.1. The van der Waals surface area contributed by atoms with Crippen molar-refractivity contribution in [1.29, 1.82) is 0 Å². The van der Waals surface area contributed by atoms with Crippen LogP contribution in [0, 0.1) is 0 Å². The molecule has 2 aliphatic heterocycles. The number of fused-ring (bicyclic) bond motifs is 1. The molecule has 40 heavy (non-hydrogen) atoms. The highest BCUT2D eigenvalue weighted by Gasteiger charge is 2.28. The van der Waals surface area contributed by atoms with E-state index in [-0.39, 0.29) is 50.0 Å². The van der Waals surface area contributed by atoms with Crippen LogP contribution in [0.15, 0.2) is 48.5 Å². The third-order valence-electron chi connectivity index (χ3n) is 7.04. The molecule has 0 aliphatic carbocycles. The van der Waals surface area contributed by atoms with E-state index in [1.54, 1.807) is 31.3 Å². The first-order chi connectivity index (χ1) is 19.2. The minimum absolute atomic E-state index is 0.137. The second kappa shape index (κ2) is 13.1. The lowest BCUT2D eigenvalue weighted by Crippen LogP contribution is -2.50. The molecule has 0 aromatic heterocycles. The number of hydrogen-bond donors (Lipinski definition) is 2. The van der Waals surface area contributed by atoms with Gasteiger partial charge in [-0.2, -0.15) is 0 Å². The average Bonchev–Trinajstić information content (AvgIpc) is 3.34. The Bertz CT molecular complexity index is 1280. The zero-order valence-corrected chi connectivity index (χ0v) is 22.9. The maximum absolute atomic E-state index is 13.3. The number of para-hydroxylation sites is 1. The minimum atomic E-state index is -1.18. The van der Waals surface area contributed by atoms with Crippen LogP contribution in [-0.4, -0.2) is 90.6 Å². The minimum Gasteiger partial charge on any atom is -0.491 e. The van der Waals surface area contributed by atoms with Crippen molar-refractivity contribution in [2.45, 2.75) is 38.4 Å². The standard InChI is InChI=1S/C29H35N5O6/c1-32-13-14-40-24-10-4-3-9-22(24)28(38)31-23(16-26(36)33(2)19-27(32)37)29(39)30-17-20-7-5-8-21(15-20)18-34-12-6-11-25(34)35/h3-5,7-10,15,23H,6,11-14,16-19H2,1-2H3,(H,30,39)(H,31,38)/t23-/m0/s1. The highest BCUT2D eigenvalue weighted by molar-refractivity contribution is 6.01. The molecule has 1 saturated heterocycles. The molecule has 2 aliphatic rings. The van der Waals surface area contributed by atoms with Gasteiger partial charge in [-0.05, 0) is 29.7 Å². The number of nitrogens with one attached hydrogen (secondary N) is 2. The molecule has 2 heterocycles. The van der Waals surface area contributed by atoms with Crippen LogP contribution in [0.4, 0.5) is 0 Å². The summed E-state index contributed by atoms with van der Waals surface area (Å²) in [6, 6.07) is 13.0. The second-order valence-electron chi connectivity index (χ2n) is 10.1. The SMILES string of the molecule is CN1CCOc2ccccc2C(=O)N[C@H](C(=O)NCc2cccc(CN3CCCC3=O)c2)CC(=O)N(C)CC1=O. The first kappa shape index (κ1) is 28.6. The predicted octanol–water partition coefficient (Wildman–Crippen LogP) is 0.923. The van der Waals surface area contributed by atoms with E-state index in [2.05, 4.69) is 10.6 Å². The molecule has 5 amide bonds. The number of hydrogen-bond acceptors (Lipinski definition) is 6. The second-order valence-corrected chi connectivity index (χ2v) is 10.1. The molecule has 4 rings (SSSR count). The van der Waals surface area contributed by atoms with Gasteiger partial charge in [-0.25, -0.2) is 0 Å². The van der Waals surface area contributed by atoms with Crippen molar-refractivity contribution in [3.05, 3.63) is 65.2 Å². The Kier molecular flexibility index (Phi) is 9.36. The van der Waals surface area contributed by atoms with Crippen molar-refractivity contribution < 1.29 is 28.7 Å². The molecule has 0 bridgehead atoms. The van der Waals surface area contributed by atoms with Gasteiger partial charge in [0.1, 0.15) is 18.4 Å². The van der Waals surface area contributed by atoms with Gasteiger partial charge in [-0.3, -0.25) is 24.0 Å². The Hall–Kier alpha value is -4.41. The first-order valence-electron chi connectivity index (χ1n) is 13.3. The molecule has 212 valence electrons. The van der Waals surface area contributed by atoms with Crippen molar-refractivity contribution in [2.75, 3.05) is 40.3 Å². The number of benzene rings is 2. The fourth-order valence-electron chi connectivity index (χ4n) is 4.63. The number of rotatable bonds is 5. The average molecular weight is 550 g/mol. The number of carbonyl (C=O) groups excluding carboxylic acids is 5. The molecule has 0 spiro atoms. The molecule has 0 saturated carbocycles. The first-order valence-corrected chi connectivity index (χ1v) is 13.3. The number of nitrogens with zero attached hydrogens (tertiary/aromatic N) is 3. The van der Waals surface area contributed by atoms with Gasteiger partial charge in [0.05, 0.1) is 25.1 Å². The van der Waals surface area contributed by atoms with E-state index >= 15 is 0 Å². The number of likely N-dealkylation sites (N-methyl/N-ethyl adjacent to an activating group) is 2. The molecule has 2 aromatic carbocycles. The quantitative estimate of drug-likeness (QED) is 0.571. The topological polar surface area (TPSA) is 128 Å². The van der Waals surface area contributed by atoms with Crippen molar-refractivity contribution in [3.8, 4) is 5.75 Å². The van der Waals surface area contributed by atoms with Crippen LogP contribution in [0.5, 0.6) is 5.75 Å². The highest BCUT2D eigenvalue weighted by Crippen LogP contribution is 2.19. The lowest BCUT2D eigenvalue weighted by Gasteiger charge is -2.25. The molecular formula is C29H35N5O6. The maximum Gasteiger partial charge on any atom is 0.255 e. The molecular weight excluding hydrogens is 514 g/mol. The predicted molar refractivity (Wildman–Crippen MR) is 146 cm³/mol. The zero-order valence-electron chi connectivity index (χ0n) is 22.9. The molecule has 0 unspecified atom stereocenters. The van der Waals surface area contributed by atoms with Gasteiger partial charge in [-0.15, -0.1) is 0 Å². The van der Waals surface area contributed by atoms with E-state index in [0.717, 1.165) is 24.1 Å². The van der Waals surface area contributed by atoms with Gasteiger partial charge in [-0.1, -0.05) is 36.4 Å². The third-order valence-corrected chi connectivity index (χ3v) is 7.04. The summed E-state index contributed by atoms with van der Waals surface area (Å²) < 4.78 is 5.78. The van der Waals surface area contributed by atoms with Crippen molar-refractivity contribution >= 4 is 29.5 Å². The summed E-state index contributed by atoms with van der Waals surface area (Å²) in [5.74, 6) is -1.37. The summed E-state index contributed by atoms with van der Waals surface area (Å²) in [5.41, 5.74) is 1.99. The molecule has 2 aromatic rings. The summed E-state index contributed by atoms with van der Waals surface area (Å²) in [6.07, 6.45) is 1.10. The van der Waals surface area contributed by atoms with Crippen LogP contribution in [0.1, 0.15) is 40.7 Å². The Balaban J connectivity index is 1.49. The van der Waals surface area contributed by atoms with Gasteiger partial charge in [0.25, 0.3) is 5.91 Å².